The average molecular weight is 231 g/mol. The smallest absolute Gasteiger partial charge is 0.0472 e. The van der Waals surface area contributed by atoms with Crippen molar-refractivity contribution in [2.24, 2.45) is 11.3 Å². The molecule has 0 saturated carbocycles. The van der Waals surface area contributed by atoms with Crippen molar-refractivity contribution in [3.05, 3.63) is 29.6 Å². The highest BCUT2D eigenvalue weighted by Gasteiger charge is 2.45. The molecule has 1 aliphatic rings. The van der Waals surface area contributed by atoms with Crippen molar-refractivity contribution >= 4 is 0 Å². The van der Waals surface area contributed by atoms with Gasteiger partial charge in [0, 0.05) is 17.8 Å². The first kappa shape index (κ1) is 12.6. The molecule has 0 bridgehead atoms. The summed E-state index contributed by atoms with van der Waals surface area (Å²) in [4.78, 5) is 4.67. The topological polar surface area (TPSA) is 12.9 Å². The van der Waals surface area contributed by atoms with Gasteiger partial charge in [0.1, 0.15) is 0 Å². The van der Waals surface area contributed by atoms with Gasteiger partial charge in [0.25, 0.3) is 0 Å². The molecule has 17 heavy (non-hydrogen) atoms. The zero-order valence-electron chi connectivity index (χ0n) is 11.8. The molecular weight excluding hydrogens is 206 g/mol. The maximum absolute atomic E-state index is 4.67. The number of pyridine rings is 1. The van der Waals surface area contributed by atoms with Crippen molar-refractivity contribution in [1.82, 2.24) is 4.98 Å². The van der Waals surface area contributed by atoms with Gasteiger partial charge in [-0.15, -0.1) is 0 Å². The van der Waals surface area contributed by atoms with E-state index in [1.165, 1.54) is 24.1 Å². The Bertz CT molecular complexity index is 358. The van der Waals surface area contributed by atoms with Crippen LogP contribution in [0.4, 0.5) is 0 Å². The molecule has 1 aliphatic carbocycles. The summed E-state index contributed by atoms with van der Waals surface area (Å²) < 4.78 is 0. The van der Waals surface area contributed by atoms with Crippen LogP contribution in [-0.2, 0) is 0 Å². The molecule has 1 heteroatoms. The summed E-state index contributed by atoms with van der Waals surface area (Å²) in [6, 6.07) is 4.39. The number of fused-ring (bicyclic) bond motifs is 1. The monoisotopic (exact) mass is 231 g/mol. The molecule has 0 spiro atoms. The molecule has 0 radical (unpaired) electrons. The van der Waals surface area contributed by atoms with Gasteiger partial charge in [0.05, 0.1) is 0 Å². The summed E-state index contributed by atoms with van der Waals surface area (Å²) >= 11 is 0. The Kier molecular flexibility index (Phi) is 3.29. The molecular formula is C16H25N. The van der Waals surface area contributed by atoms with Gasteiger partial charge in [-0.25, -0.2) is 0 Å². The zero-order valence-corrected chi connectivity index (χ0v) is 11.8. The second kappa shape index (κ2) is 4.44. The highest BCUT2D eigenvalue weighted by atomic mass is 14.7. The van der Waals surface area contributed by atoms with Gasteiger partial charge >= 0.3 is 0 Å². The molecule has 3 unspecified atom stereocenters. The van der Waals surface area contributed by atoms with Gasteiger partial charge in [0.2, 0.25) is 0 Å². The summed E-state index contributed by atoms with van der Waals surface area (Å²) in [7, 11) is 0. The maximum Gasteiger partial charge on any atom is 0.0472 e. The van der Waals surface area contributed by atoms with E-state index in [2.05, 4.69) is 51.7 Å². The second-order valence-corrected chi connectivity index (χ2v) is 6.40. The van der Waals surface area contributed by atoms with Crippen LogP contribution >= 0.6 is 0 Å². The Balaban J connectivity index is 2.50. The minimum Gasteiger partial charge on any atom is -0.261 e. The Morgan fingerprint density at radius 1 is 1.12 bits per heavy atom. The maximum atomic E-state index is 4.67. The van der Waals surface area contributed by atoms with Crippen LogP contribution < -0.4 is 0 Å². The first-order valence-electron chi connectivity index (χ1n) is 6.95. The van der Waals surface area contributed by atoms with E-state index >= 15 is 0 Å². The van der Waals surface area contributed by atoms with Crippen molar-refractivity contribution in [1.29, 1.82) is 0 Å². The standard InChI is InChI=1S/C16H25N/c1-6-11-13-9-8-10-17-15(13)12(7-2)14(11)16(3,4)5/h8-12,14H,6-7H2,1-5H3. The highest BCUT2D eigenvalue weighted by Crippen LogP contribution is 2.55. The van der Waals surface area contributed by atoms with E-state index in [0.29, 0.717) is 17.3 Å². The van der Waals surface area contributed by atoms with Crippen LogP contribution in [0.15, 0.2) is 18.3 Å². The number of rotatable bonds is 2. The summed E-state index contributed by atoms with van der Waals surface area (Å²) in [5.41, 5.74) is 3.26. The molecule has 1 nitrogen and oxygen atoms in total. The van der Waals surface area contributed by atoms with Gasteiger partial charge < -0.3 is 0 Å². The van der Waals surface area contributed by atoms with E-state index in [1.54, 1.807) is 0 Å². The SMILES string of the molecule is CCC1c2cccnc2C(CC)C1C(C)(C)C. The molecule has 0 fully saturated rings. The minimum absolute atomic E-state index is 0.363. The molecule has 1 aromatic rings. The summed E-state index contributed by atoms with van der Waals surface area (Å²) in [5.74, 6) is 2.09. The third-order valence-electron chi connectivity index (χ3n) is 4.37. The van der Waals surface area contributed by atoms with Crippen LogP contribution in [0.2, 0.25) is 0 Å². The third kappa shape index (κ3) is 2.00. The number of nitrogens with zero attached hydrogens (tertiary/aromatic N) is 1. The van der Waals surface area contributed by atoms with E-state index in [4.69, 9.17) is 0 Å². The second-order valence-electron chi connectivity index (χ2n) is 6.40. The Morgan fingerprint density at radius 2 is 1.76 bits per heavy atom. The average Bonchev–Trinajstić information content (AvgIpc) is 2.62. The summed E-state index contributed by atoms with van der Waals surface area (Å²) in [5, 5.41) is 0. The zero-order chi connectivity index (χ0) is 12.6. The molecule has 3 atom stereocenters. The van der Waals surface area contributed by atoms with E-state index in [0.717, 1.165) is 5.92 Å². The van der Waals surface area contributed by atoms with Gasteiger partial charge in [-0.1, -0.05) is 40.7 Å². The lowest BCUT2D eigenvalue weighted by Crippen LogP contribution is -2.27. The van der Waals surface area contributed by atoms with Crippen LogP contribution in [0, 0.1) is 11.3 Å². The van der Waals surface area contributed by atoms with Gasteiger partial charge in [-0.2, -0.15) is 0 Å². The predicted octanol–water partition coefficient (Wildman–Crippen LogP) is 4.74. The number of hydrogen-bond donors (Lipinski definition) is 0. The Morgan fingerprint density at radius 3 is 2.29 bits per heavy atom. The molecule has 1 heterocycles. The number of aromatic nitrogens is 1. The van der Waals surface area contributed by atoms with Crippen molar-refractivity contribution in [2.45, 2.75) is 59.3 Å². The van der Waals surface area contributed by atoms with E-state index in [1.807, 2.05) is 6.20 Å². The summed E-state index contributed by atoms with van der Waals surface area (Å²) in [6.45, 7) is 11.8. The molecule has 1 aromatic heterocycles. The van der Waals surface area contributed by atoms with Crippen molar-refractivity contribution in [3.63, 3.8) is 0 Å². The normalized spacial score (nSPS) is 28.2. The van der Waals surface area contributed by atoms with Crippen LogP contribution in [-0.4, -0.2) is 4.98 Å². The van der Waals surface area contributed by atoms with Crippen molar-refractivity contribution in [3.8, 4) is 0 Å². The molecule has 94 valence electrons. The summed E-state index contributed by atoms with van der Waals surface area (Å²) in [6.07, 6.45) is 4.40. The number of hydrogen-bond acceptors (Lipinski definition) is 1. The van der Waals surface area contributed by atoms with Crippen LogP contribution in [0.3, 0.4) is 0 Å². The quantitative estimate of drug-likeness (QED) is 0.716. The first-order valence-corrected chi connectivity index (χ1v) is 6.95. The lowest BCUT2D eigenvalue weighted by Gasteiger charge is -2.36. The fourth-order valence-electron chi connectivity index (χ4n) is 3.83. The molecule has 2 rings (SSSR count). The molecule has 0 aromatic carbocycles. The molecule has 0 aliphatic heterocycles. The van der Waals surface area contributed by atoms with Gasteiger partial charge in [-0.3, -0.25) is 4.98 Å². The van der Waals surface area contributed by atoms with Crippen molar-refractivity contribution in [2.75, 3.05) is 0 Å². The van der Waals surface area contributed by atoms with E-state index in [9.17, 15) is 0 Å². The molecule has 0 N–H and O–H groups in total. The minimum atomic E-state index is 0.363. The fraction of sp³-hybridized carbons (Fsp3) is 0.688. The first-order chi connectivity index (χ1) is 8.00. The largest absolute Gasteiger partial charge is 0.261 e. The van der Waals surface area contributed by atoms with Crippen LogP contribution in [0.1, 0.15) is 70.6 Å². The lowest BCUT2D eigenvalue weighted by molar-refractivity contribution is 0.174. The van der Waals surface area contributed by atoms with Gasteiger partial charge in [-0.05, 0) is 41.7 Å². The molecule has 0 amide bonds. The third-order valence-corrected chi connectivity index (χ3v) is 4.37. The molecule has 0 saturated heterocycles. The lowest BCUT2D eigenvalue weighted by atomic mass is 9.68. The highest BCUT2D eigenvalue weighted by molar-refractivity contribution is 5.35. The Hall–Kier alpha value is -0.850. The van der Waals surface area contributed by atoms with Crippen LogP contribution in [0.5, 0.6) is 0 Å². The van der Waals surface area contributed by atoms with Crippen molar-refractivity contribution < 1.29 is 0 Å². The van der Waals surface area contributed by atoms with E-state index < -0.39 is 0 Å². The van der Waals surface area contributed by atoms with E-state index in [-0.39, 0.29) is 0 Å². The Labute approximate surface area is 106 Å². The predicted molar refractivity (Wildman–Crippen MR) is 73.2 cm³/mol. The van der Waals surface area contributed by atoms with Crippen LogP contribution in [0.25, 0.3) is 0 Å². The fourth-order valence-corrected chi connectivity index (χ4v) is 3.83. The van der Waals surface area contributed by atoms with Gasteiger partial charge in [0.15, 0.2) is 0 Å².